The molecule has 6 nitrogen and oxygen atoms in total. The van der Waals surface area contributed by atoms with Crippen LogP contribution in [0.15, 0.2) is 0 Å². The Labute approximate surface area is 99.7 Å². The maximum absolute atomic E-state index is 12.1. The molecule has 0 bridgehead atoms. The van der Waals surface area contributed by atoms with E-state index in [1.165, 1.54) is 6.92 Å². The van der Waals surface area contributed by atoms with Gasteiger partial charge in [-0.3, -0.25) is 14.4 Å². The lowest BCUT2D eigenvalue weighted by Crippen LogP contribution is -2.48. The van der Waals surface area contributed by atoms with Gasteiger partial charge in [-0.15, -0.1) is 0 Å². The first kappa shape index (κ1) is 11.9. The van der Waals surface area contributed by atoms with Gasteiger partial charge in [0.2, 0.25) is 17.7 Å². The first-order valence-electron chi connectivity index (χ1n) is 5.85. The lowest BCUT2D eigenvalue weighted by atomic mass is 10.1. The Morgan fingerprint density at radius 2 is 2.06 bits per heavy atom. The van der Waals surface area contributed by atoms with Crippen molar-refractivity contribution in [3.05, 3.63) is 0 Å². The number of hydrogen-bond donors (Lipinski definition) is 2. The average molecular weight is 239 g/mol. The standard InChI is InChI=1S/C11H17N3O3/c1-6(15)13-8-5-7-3-4-9(10(16)12-2)14(7)11(8)17/h7-9H,3-5H2,1-2H3,(H,12,16)(H,13,15)/t7-,8+,9-/m0/s1. The number of likely N-dealkylation sites (N-methyl/N-ethyl adjacent to an activating group) is 1. The van der Waals surface area contributed by atoms with Gasteiger partial charge in [0, 0.05) is 20.0 Å². The normalized spacial score (nSPS) is 31.3. The highest BCUT2D eigenvalue weighted by Gasteiger charge is 2.49. The Hall–Kier alpha value is -1.59. The van der Waals surface area contributed by atoms with Crippen molar-refractivity contribution in [3.63, 3.8) is 0 Å². The van der Waals surface area contributed by atoms with Crippen molar-refractivity contribution in [1.82, 2.24) is 15.5 Å². The summed E-state index contributed by atoms with van der Waals surface area (Å²) in [5.41, 5.74) is 0. The topological polar surface area (TPSA) is 78.5 Å². The number of fused-ring (bicyclic) bond motifs is 1. The molecule has 0 aromatic rings. The molecule has 6 heteroatoms. The van der Waals surface area contributed by atoms with Crippen molar-refractivity contribution in [2.24, 2.45) is 0 Å². The lowest BCUT2D eigenvalue weighted by molar-refractivity contribution is -0.138. The van der Waals surface area contributed by atoms with Gasteiger partial charge in [0.1, 0.15) is 12.1 Å². The minimum atomic E-state index is -0.454. The van der Waals surface area contributed by atoms with Gasteiger partial charge < -0.3 is 15.5 Å². The second kappa shape index (κ2) is 4.35. The van der Waals surface area contributed by atoms with E-state index >= 15 is 0 Å². The summed E-state index contributed by atoms with van der Waals surface area (Å²) in [6, 6.07) is -0.720. The molecule has 17 heavy (non-hydrogen) atoms. The Morgan fingerprint density at radius 1 is 1.35 bits per heavy atom. The molecule has 3 atom stereocenters. The van der Waals surface area contributed by atoms with Crippen molar-refractivity contribution in [3.8, 4) is 0 Å². The predicted molar refractivity (Wildman–Crippen MR) is 59.9 cm³/mol. The molecule has 0 aromatic heterocycles. The molecule has 0 unspecified atom stereocenters. The van der Waals surface area contributed by atoms with E-state index < -0.39 is 6.04 Å². The SMILES string of the molecule is CNC(=O)[C@@H]1CC[C@H]2C[C@@H](NC(C)=O)C(=O)N21. The molecule has 2 saturated heterocycles. The number of nitrogens with zero attached hydrogens (tertiary/aromatic N) is 1. The average Bonchev–Trinajstić information content (AvgIpc) is 2.80. The van der Waals surface area contributed by atoms with Crippen LogP contribution in [0.3, 0.4) is 0 Å². The molecule has 0 aromatic carbocycles. The van der Waals surface area contributed by atoms with Crippen molar-refractivity contribution in [1.29, 1.82) is 0 Å². The minimum Gasteiger partial charge on any atom is -0.357 e. The van der Waals surface area contributed by atoms with Crippen LogP contribution < -0.4 is 10.6 Å². The maximum atomic E-state index is 12.1. The summed E-state index contributed by atoms with van der Waals surface area (Å²) in [4.78, 5) is 36.3. The molecule has 94 valence electrons. The molecule has 0 saturated carbocycles. The summed E-state index contributed by atoms with van der Waals surface area (Å²) in [5.74, 6) is -0.457. The fourth-order valence-corrected chi connectivity index (χ4v) is 2.79. The third-order valence-corrected chi connectivity index (χ3v) is 3.49. The number of hydrogen-bond acceptors (Lipinski definition) is 3. The van der Waals surface area contributed by atoms with E-state index in [-0.39, 0.29) is 29.8 Å². The van der Waals surface area contributed by atoms with E-state index in [9.17, 15) is 14.4 Å². The number of nitrogens with one attached hydrogen (secondary N) is 2. The largest absolute Gasteiger partial charge is 0.357 e. The van der Waals surface area contributed by atoms with Gasteiger partial charge in [-0.1, -0.05) is 0 Å². The summed E-state index contributed by atoms with van der Waals surface area (Å²) in [5, 5.41) is 5.21. The van der Waals surface area contributed by atoms with Crippen LogP contribution in [0.4, 0.5) is 0 Å². The second-order valence-corrected chi connectivity index (χ2v) is 4.60. The fourth-order valence-electron chi connectivity index (χ4n) is 2.79. The molecule has 2 N–H and O–H groups in total. The van der Waals surface area contributed by atoms with Crippen molar-refractivity contribution in [2.45, 2.75) is 44.3 Å². The maximum Gasteiger partial charge on any atom is 0.246 e. The third-order valence-electron chi connectivity index (χ3n) is 3.49. The molecule has 2 aliphatic heterocycles. The van der Waals surface area contributed by atoms with Gasteiger partial charge in [-0.2, -0.15) is 0 Å². The smallest absolute Gasteiger partial charge is 0.246 e. The van der Waals surface area contributed by atoms with Gasteiger partial charge in [0.15, 0.2) is 0 Å². The number of carbonyl (C=O) groups excluding carboxylic acids is 3. The van der Waals surface area contributed by atoms with Crippen LogP contribution in [-0.4, -0.2) is 47.8 Å². The van der Waals surface area contributed by atoms with E-state index in [1.54, 1.807) is 11.9 Å². The second-order valence-electron chi connectivity index (χ2n) is 4.60. The van der Waals surface area contributed by atoms with Crippen LogP contribution in [-0.2, 0) is 14.4 Å². The summed E-state index contributed by atoms with van der Waals surface area (Å²) >= 11 is 0. The van der Waals surface area contributed by atoms with E-state index in [1.807, 2.05) is 0 Å². The fraction of sp³-hybridized carbons (Fsp3) is 0.727. The summed E-state index contributed by atoms with van der Waals surface area (Å²) in [6.07, 6.45) is 2.16. The van der Waals surface area contributed by atoms with Crippen LogP contribution >= 0.6 is 0 Å². The van der Waals surface area contributed by atoms with Gasteiger partial charge in [-0.05, 0) is 19.3 Å². The zero-order chi connectivity index (χ0) is 12.6. The highest BCUT2D eigenvalue weighted by molar-refractivity contribution is 5.94. The third kappa shape index (κ3) is 1.99. The van der Waals surface area contributed by atoms with E-state index in [0.717, 1.165) is 6.42 Å². The molecular formula is C11H17N3O3. The molecule has 2 heterocycles. The van der Waals surface area contributed by atoms with Crippen LogP contribution in [0.2, 0.25) is 0 Å². The molecule has 0 radical (unpaired) electrons. The highest BCUT2D eigenvalue weighted by Crippen LogP contribution is 2.33. The van der Waals surface area contributed by atoms with Gasteiger partial charge in [0.05, 0.1) is 0 Å². The zero-order valence-electron chi connectivity index (χ0n) is 10.0. The first-order chi connectivity index (χ1) is 8.04. The van der Waals surface area contributed by atoms with Gasteiger partial charge >= 0.3 is 0 Å². The monoisotopic (exact) mass is 239 g/mol. The highest BCUT2D eigenvalue weighted by atomic mass is 16.2. The molecule has 3 amide bonds. The summed E-state index contributed by atoms with van der Waals surface area (Å²) in [7, 11) is 1.57. The molecule has 2 aliphatic rings. The van der Waals surface area contributed by atoms with Gasteiger partial charge in [0.25, 0.3) is 0 Å². The summed E-state index contributed by atoms with van der Waals surface area (Å²) < 4.78 is 0. The Balaban J connectivity index is 2.10. The number of carbonyl (C=O) groups is 3. The van der Waals surface area contributed by atoms with Crippen LogP contribution in [0.1, 0.15) is 26.2 Å². The van der Waals surface area contributed by atoms with Crippen LogP contribution in [0, 0.1) is 0 Å². The van der Waals surface area contributed by atoms with E-state index in [0.29, 0.717) is 12.8 Å². The lowest BCUT2D eigenvalue weighted by Gasteiger charge is -2.23. The Morgan fingerprint density at radius 3 is 2.65 bits per heavy atom. The first-order valence-corrected chi connectivity index (χ1v) is 5.85. The van der Waals surface area contributed by atoms with E-state index in [4.69, 9.17) is 0 Å². The molecule has 0 aliphatic carbocycles. The molecule has 0 spiro atoms. The van der Waals surface area contributed by atoms with Crippen molar-refractivity contribution < 1.29 is 14.4 Å². The van der Waals surface area contributed by atoms with Crippen LogP contribution in [0.5, 0.6) is 0 Å². The number of rotatable bonds is 2. The number of amides is 3. The zero-order valence-corrected chi connectivity index (χ0v) is 10.0. The van der Waals surface area contributed by atoms with Crippen molar-refractivity contribution in [2.75, 3.05) is 7.05 Å². The van der Waals surface area contributed by atoms with E-state index in [2.05, 4.69) is 10.6 Å². The Kier molecular flexibility index (Phi) is 3.04. The molecule has 2 rings (SSSR count). The van der Waals surface area contributed by atoms with Crippen LogP contribution in [0.25, 0.3) is 0 Å². The quantitative estimate of drug-likeness (QED) is 0.649. The predicted octanol–water partition coefficient (Wildman–Crippen LogP) is -1.000. The van der Waals surface area contributed by atoms with Gasteiger partial charge in [-0.25, -0.2) is 0 Å². The molecule has 2 fully saturated rings. The molecular weight excluding hydrogens is 222 g/mol. The van der Waals surface area contributed by atoms with Crippen molar-refractivity contribution >= 4 is 17.7 Å². The summed E-state index contributed by atoms with van der Waals surface area (Å²) in [6.45, 7) is 1.40. The minimum absolute atomic E-state index is 0.0987. The Bertz CT molecular complexity index is 369.